The van der Waals surface area contributed by atoms with Gasteiger partial charge in [0.15, 0.2) is 11.5 Å². The molecule has 0 fully saturated rings. The van der Waals surface area contributed by atoms with Crippen LogP contribution >= 0.6 is 11.8 Å². The fourth-order valence-electron chi connectivity index (χ4n) is 2.72. The summed E-state index contributed by atoms with van der Waals surface area (Å²) in [4.78, 5) is 16.5. The lowest BCUT2D eigenvalue weighted by Crippen LogP contribution is -2.15. The first-order valence-electron chi connectivity index (χ1n) is 8.73. The van der Waals surface area contributed by atoms with Gasteiger partial charge in [-0.15, -0.1) is 10.2 Å². The molecule has 0 radical (unpaired) electrons. The number of aryl methyl sites for hydroxylation is 2. The minimum absolute atomic E-state index is 0.0724. The third kappa shape index (κ3) is 3.86. The number of hydrogen-bond acceptors (Lipinski definition) is 6. The van der Waals surface area contributed by atoms with Gasteiger partial charge >= 0.3 is 0 Å². The Morgan fingerprint density at radius 1 is 1.14 bits per heavy atom. The van der Waals surface area contributed by atoms with E-state index in [0.29, 0.717) is 16.5 Å². The van der Waals surface area contributed by atoms with Crippen molar-refractivity contribution in [2.75, 3.05) is 11.1 Å². The summed E-state index contributed by atoms with van der Waals surface area (Å²) < 4.78 is 1.67. The number of amides is 1. The average Bonchev–Trinajstić information content (AvgIpc) is 3.13. The highest BCUT2D eigenvalue weighted by molar-refractivity contribution is 7.99. The first-order chi connectivity index (χ1) is 13.6. The van der Waals surface area contributed by atoms with Gasteiger partial charge in [0.1, 0.15) is 5.03 Å². The fraction of sp³-hybridized carbons (Fsp3) is 0.150. The second-order valence-corrected chi connectivity index (χ2v) is 7.36. The summed E-state index contributed by atoms with van der Waals surface area (Å²) in [6.45, 7) is 3.98. The van der Waals surface area contributed by atoms with E-state index in [1.54, 1.807) is 16.9 Å². The number of carbonyl (C=O) groups is 1. The predicted molar refractivity (Wildman–Crippen MR) is 109 cm³/mol. The molecule has 1 N–H and O–H groups in total. The number of rotatable bonds is 5. The van der Waals surface area contributed by atoms with Crippen molar-refractivity contribution in [1.29, 1.82) is 0 Å². The Labute approximate surface area is 166 Å². The van der Waals surface area contributed by atoms with Gasteiger partial charge in [0.2, 0.25) is 5.91 Å². The van der Waals surface area contributed by atoms with Gasteiger partial charge in [0, 0.05) is 23.6 Å². The zero-order valence-electron chi connectivity index (χ0n) is 15.5. The van der Waals surface area contributed by atoms with E-state index in [1.165, 1.54) is 11.8 Å². The molecule has 0 unspecified atom stereocenters. The number of aromatic nitrogens is 5. The Morgan fingerprint density at radius 2 is 2.04 bits per heavy atom. The number of nitrogens with zero attached hydrogens (tertiary/aromatic N) is 5. The van der Waals surface area contributed by atoms with Crippen LogP contribution in [0.4, 0.5) is 5.69 Å². The minimum Gasteiger partial charge on any atom is -0.325 e. The number of anilines is 1. The summed E-state index contributed by atoms with van der Waals surface area (Å²) in [5, 5.41) is 16.6. The van der Waals surface area contributed by atoms with Crippen LogP contribution in [0, 0.1) is 13.8 Å². The molecule has 140 valence electrons. The van der Waals surface area contributed by atoms with Gasteiger partial charge in [-0.3, -0.25) is 9.78 Å². The Kier molecular flexibility index (Phi) is 5.03. The van der Waals surface area contributed by atoms with E-state index in [1.807, 2.05) is 56.3 Å². The van der Waals surface area contributed by atoms with E-state index < -0.39 is 0 Å². The molecule has 0 bridgehead atoms. The van der Waals surface area contributed by atoms with Crippen LogP contribution in [0.1, 0.15) is 11.1 Å². The molecule has 0 aliphatic heterocycles. The molecule has 3 aromatic heterocycles. The molecule has 4 rings (SSSR count). The highest BCUT2D eigenvalue weighted by atomic mass is 32.2. The van der Waals surface area contributed by atoms with Crippen molar-refractivity contribution in [3.8, 4) is 11.4 Å². The van der Waals surface area contributed by atoms with Crippen molar-refractivity contribution in [3.05, 3.63) is 66.0 Å². The van der Waals surface area contributed by atoms with Crippen LogP contribution in [0.2, 0.25) is 0 Å². The Balaban J connectivity index is 1.49. The van der Waals surface area contributed by atoms with Crippen LogP contribution < -0.4 is 5.32 Å². The van der Waals surface area contributed by atoms with Crippen LogP contribution in [0.15, 0.2) is 59.9 Å². The third-order valence-corrected chi connectivity index (χ3v) is 5.10. The summed E-state index contributed by atoms with van der Waals surface area (Å²) in [5.41, 5.74) is 4.46. The van der Waals surface area contributed by atoms with Crippen molar-refractivity contribution in [3.63, 3.8) is 0 Å². The zero-order valence-corrected chi connectivity index (χ0v) is 16.3. The number of pyridine rings is 1. The maximum absolute atomic E-state index is 12.4. The van der Waals surface area contributed by atoms with E-state index in [-0.39, 0.29) is 11.7 Å². The topological polar surface area (TPSA) is 85.1 Å². The van der Waals surface area contributed by atoms with E-state index in [9.17, 15) is 4.79 Å². The smallest absolute Gasteiger partial charge is 0.234 e. The second kappa shape index (κ2) is 7.77. The largest absolute Gasteiger partial charge is 0.325 e. The molecule has 4 aromatic rings. The first kappa shape index (κ1) is 18.1. The summed E-state index contributed by atoms with van der Waals surface area (Å²) >= 11 is 1.36. The summed E-state index contributed by atoms with van der Waals surface area (Å²) in [7, 11) is 0. The number of hydrogen-bond donors (Lipinski definition) is 1. The quantitative estimate of drug-likeness (QED) is 0.525. The maximum atomic E-state index is 12.4. The van der Waals surface area contributed by atoms with Crippen LogP contribution in [-0.2, 0) is 4.79 Å². The van der Waals surface area contributed by atoms with Crippen LogP contribution in [0.3, 0.4) is 0 Å². The highest BCUT2D eigenvalue weighted by Crippen LogP contribution is 2.21. The Morgan fingerprint density at radius 3 is 2.86 bits per heavy atom. The maximum Gasteiger partial charge on any atom is 0.234 e. The lowest BCUT2D eigenvalue weighted by atomic mass is 10.1. The van der Waals surface area contributed by atoms with Crippen molar-refractivity contribution >= 4 is 29.0 Å². The molecular formula is C20H18N6OS. The van der Waals surface area contributed by atoms with Crippen molar-refractivity contribution in [1.82, 2.24) is 24.8 Å². The fourth-order valence-corrected chi connectivity index (χ4v) is 3.38. The zero-order chi connectivity index (χ0) is 19.5. The van der Waals surface area contributed by atoms with Gasteiger partial charge in [-0.2, -0.15) is 9.61 Å². The van der Waals surface area contributed by atoms with Gasteiger partial charge in [-0.1, -0.05) is 23.9 Å². The molecule has 0 aliphatic rings. The number of nitrogens with one attached hydrogen (secondary N) is 1. The summed E-state index contributed by atoms with van der Waals surface area (Å²) in [6, 6.07) is 13.4. The molecule has 1 aromatic carbocycles. The van der Waals surface area contributed by atoms with Gasteiger partial charge in [-0.25, -0.2) is 0 Å². The van der Waals surface area contributed by atoms with Crippen LogP contribution in [0.5, 0.6) is 0 Å². The van der Waals surface area contributed by atoms with E-state index in [2.05, 4.69) is 25.6 Å². The molecule has 28 heavy (non-hydrogen) atoms. The van der Waals surface area contributed by atoms with Crippen molar-refractivity contribution in [2.24, 2.45) is 0 Å². The van der Waals surface area contributed by atoms with Crippen LogP contribution in [-0.4, -0.2) is 36.5 Å². The Bertz CT molecular complexity index is 1140. The second-order valence-electron chi connectivity index (χ2n) is 6.36. The number of benzene rings is 1. The molecule has 8 heteroatoms. The SMILES string of the molecule is Cc1ccc(C)c(NC(=O)CSc2ccc3nnc(-c4cccnc4)n3n2)c1. The lowest BCUT2D eigenvalue weighted by molar-refractivity contribution is -0.113. The lowest BCUT2D eigenvalue weighted by Gasteiger charge is -2.09. The predicted octanol–water partition coefficient (Wildman–Crippen LogP) is 3.53. The van der Waals surface area contributed by atoms with E-state index >= 15 is 0 Å². The van der Waals surface area contributed by atoms with Crippen molar-refractivity contribution < 1.29 is 4.79 Å². The molecule has 7 nitrogen and oxygen atoms in total. The van der Waals surface area contributed by atoms with E-state index in [4.69, 9.17) is 0 Å². The molecule has 3 heterocycles. The van der Waals surface area contributed by atoms with Gasteiger partial charge < -0.3 is 5.32 Å². The molecule has 0 spiro atoms. The molecule has 0 aliphatic carbocycles. The third-order valence-electron chi connectivity index (χ3n) is 4.18. The molecular weight excluding hydrogens is 372 g/mol. The molecule has 1 amide bonds. The van der Waals surface area contributed by atoms with Crippen molar-refractivity contribution in [2.45, 2.75) is 18.9 Å². The molecule has 0 saturated carbocycles. The number of fused-ring (bicyclic) bond motifs is 1. The summed E-state index contributed by atoms with van der Waals surface area (Å²) in [5.74, 6) is 0.804. The highest BCUT2D eigenvalue weighted by Gasteiger charge is 2.12. The number of thioether (sulfide) groups is 1. The van der Waals surface area contributed by atoms with Gasteiger partial charge in [0.25, 0.3) is 0 Å². The van der Waals surface area contributed by atoms with E-state index in [0.717, 1.165) is 22.4 Å². The standard InChI is InChI=1S/C20H18N6OS/c1-13-5-6-14(2)16(10-13)22-18(27)12-28-19-8-7-17-23-24-20(26(17)25-19)15-4-3-9-21-11-15/h3-11H,12H2,1-2H3,(H,22,27). The average molecular weight is 390 g/mol. The number of carbonyl (C=O) groups excluding carboxylic acids is 1. The first-order valence-corrected chi connectivity index (χ1v) is 9.71. The minimum atomic E-state index is -0.0724. The molecule has 0 atom stereocenters. The van der Waals surface area contributed by atoms with Crippen LogP contribution in [0.25, 0.3) is 17.0 Å². The summed E-state index contributed by atoms with van der Waals surface area (Å²) in [6.07, 6.45) is 3.42. The molecule has 0 saturated heterocycles. The van der Waals surface area contributed by atoms with Gasteiger partial charge in [0.05, 0.1) is 5.75 Å². The van der Waals surface area contributed by atoms with Gasteiger partial charge in [-0.05, 0) is 55.3 Å². The normalized spacial score (nSPS) is 10.9. The monoisotopic (exact) mass is 390 g/mol. The Hall–Kier alpha value is -3.26.